The minimum atomic E-state index is -3.38. The van der Waals surface area contributed by atoms with Crippen LogP contribution >= 0.6 is 0 Å². The average Bonchev–Trinajstić information content (AvgIpc) is 3.24. The molecule has 8 heteroatoms. The van der Waals surface area contributed by atoms with Gasteiger partial charge in [0.25, 0.3) is 5.91 Å². The largest absolute Gasteiger partial charge is 0.348 e. The zero-order chi connectivity index (χ0) is 24.7. The molecule has 1 aliphatic rings. The second-order valence-corrected chi connectivity index (χ2v) is 11.6. The molecule has 0 aliphatic carbocycles. The summed E-state index contributed by atoms with van der Waals surface area (Å²) in [6, 6.07) is 11.0. The van der Waals surface area contributed by atoms with Crippen molar-refractivity contribution in [1.82, 2.24) is 20.6 Å². The summed E-state index contributed by atoms with van der Waals surface area (Å²) in [4.78, 5) is 21.7. The van der Waals surface area contributed by atoms with Crippen LogP contribution in [0.1, 0.15) is 41.3 Å². The lowest BCUT2D eigenvalue weighted by atomic mass is 9.93. The fourth-order valence-electron chi connectivity index (χ4n) is 4.92. The number of hydrogen-bond donors (Lipinski definition) is 3. The number of pyridine rings is 1. The molecule has 2 aromatic carbocycles. The van der Waals surface area contributed by atoms with Crippen molar-refractivity contribution in [1.29, 1.82) is 0 Å². The van der Waals surface area contributed by atoms with Crippen LogP contribution in [0.2, 0.25) is 0 Å². The van der Waals surface area contributed by atoms with E-state index in [0.717, 1.165) is 70.1 Å². The van der Waals surface area contributed by atoms with Crippen molar-refractivity contribution in [3.63, 3.8) is 0 Å². The molecule has 182 valence electrons. The van der Waals surface area contributed by atoms with Crippen LogP contribution in [0.25, 0.3) is 33.1 Å². The summed E-state index contributed by atoms with van der Waals surface area (Å²) in [5.41, 5.74) is 5.58. The summed E-state index contributed by atoms with van der Waals surface area (Å²) < 4.78 is 25.2. The maximum atomic E-state index is 13.4. The molecule has 1 amide bonds. The maximum absolute atomic E-state index is 13.4. The number of carbonyl (C=O) groups is 1. The van der Waals surface area contributed by atoms with Crippen molar-refractivity contribution in [2.75, 3.05) is 18.8 Å². The lowest BCUT2D eigenvalue weighted by molar-refractivity contribution is 0.0930. The molecule has 0 radical (unpaired) electrons. The zero-order valence-electron chi connectivity index (χ0n) is 20.2. The third kappa shape index (κ3) is 4.32. The van der Waals surface area contributed by atoms with Gasteiger partial charge in [0.15, 0.2) is 9.84 Å². The smallest absolute Gasteiger partial charge is 0.251 e. The molecule has 1 atom stereocenters. The molecule has 3 N–H and O–H groups in total. The molecule has 2 aromatic heterocycles. The Morgan fingerprint density at radius 3 is 2.77 bits per heavy atom. The number of rotatable bonds is 5. The number of nitrogens with zero attached hydrogens (tertiary/aromatic N) is 1. The third-order valence-electron chi connectivity index (χ3n) is 6.89. The van der Waals surface area contributed by atoms with Gasteiger partial charge in [0.05, 0.1) is 16.2 Å². The Labute approximate surface area is 205 Å². The van der Waals surface area contributed by atoms with Gasteiger partial charge in [-0.15, -0.1) is 0 Å². The predicted octanol–water partition coefficient (Wildman–Crippen LogP) is 4.28. The molecule has 0 bridgehead atoms. The number of sulfone groups is 1. The number of hydrogen-bond acceptors (Lipinski definition) is 5. The highest BCUT2D eigenvalue weighted by atomic mass is 32.2. The SMILES string of the molecule is CCS(=O)(=O)c1cccc(-c2cc(C(=O)N[C@@H]3CCCNC3)c(C)c3[nH]c4ncc(C)cc4c23)c1. The minimum Gasteiger partial charge on any atom is -0.348 e. The van der Waals surface area contributed by atoms with E-state index >= 15 is 0 Å². The predicted molar refractivity (Wildman–Crippen MR) is 140 cm³/mol. The van der Waals surface area contributed by atoms with Crippen LogP contribution in [0.15, 0.2) is 47.5 Å². The summed E-state index contributed by atoms with van der Waals surface area (Å²) in [7, 11) is -3.38. The van der Waals surface area contributed by atoms with Crippen molar-refractivity contribution < 1.29 is 13.2 Å². The van der Waals surface area contributed by atoms with Gasteiger partial charge in [-0.1, -0.05) is 19.1 Å². The van der Waals surface area contributed by atoms with E-state index in [9.17, 15) is 13.2 Å². The Morgan fingerprint density at radius 1 is 1.20 bits per heavy atom. The second kappa shape index (κ2) is 9.09. The fourth-order valence-corrected chi connectivity index (χ4v) is 5.85. The van der Waals surface area contributed by atoms with Gasteiger partial charge < -0.3 is 15.6 Å². The van der Waals surface area contributed by atoms with Gasteiger partial charge in [0, 0.05) is 35.1 Å². The Bertz CT molecular complexity index is 1550. The van der Waals surface area contributed by atoms with Crippen LogP contribution in [0.5, 0.6) is 0 Å². The number of fused-ring (bicyclic) bond motifs is 3. The highest BCUT2D eigenvalue weighted by Crippen LogP contribution is 2.38. The quantitative estimate of drug-likeness (QED) is 0.388. The van der Waals surface area contributed by atoms with Crippen LogP contribution in [0, 0.1) is 13.8 Å². The first kappa shape index (κ1) is 23.5. The summed E-state index contributed by atoms with van der Waals surface area (Å²) in [5.74, 6) is -0.0987. The van der Waals surface area contributed by atoms with E-state index in [2.05, 4.69) is 26.7 Å². The highest BCUT2D eigenvalue weighted by molar-refractivity contribution is 7.91. The average molecular weight is 491 g/mol. The number of piperidine rings is 1. The Morgan fingerprint density at radius 2 is 2.03 bits per heavy atom. The molecule has 1 aliphatic heterocycles. The van der Waals surface area contributed by atoms with E-state index in [1.165, 1.54) is 0 Å². The summed E-state index contributed by atoms with van der Waals surface area (Å²) in [6.07, 6.45) is 3.78. The van der Waals surface area contributed by atoms with Gasteiger partial charge in [-0.05, 0) is 79.8 Å². The standard InChI is InChI=1S/C27H30N4O3S/c1-4-35(33,34)20-9-5-7-18(12-20)22-13-21(27(32)30-19-8-6-10-28-15-19)17(3)25-24(22)23-11-16(2)14-29-26(23)31-25/h5,7,9,11-14,19,28H,4,6,8,10,15H2,1-3H3,(H,29,31)(H,30,32)/t19-/m1/s1. The molecule has 1 fully saturated rings. The first-order valence-electron chi connectivity index (χ1n) is 12.0. The number of H-pyrrole nitrogens is 1. The summed E-state index contributed by atoms with van der Waals surface area (Å²) >= 11 is 0. The van der Waals surface area contributed by atoms with E-state index < -0.39 is 9.84 Å². The zero-order valence-corrected chi connectivity index (χ0v) is 21.1. The highest BCUT2D eigenvalue weighted by Gasteiger charge is 2.23. The molecule has 0 saturated carbocycles. The molecule has 1 saturated heterocycles. The first-order chi connectivity index (χ1) is 16.8. The van der Waals surface area contributed by atoms with Gasteiger partial charge in [-0.3, -0.25) is 4.79 Å². The minimum absolute atomic E-state index is 0.0268. The van der Waals surface area contributed by atoms with E-state index in [4.69, 9.17) is 0 Å². The van der Waals surface area contributed by atoms with Crippen LogP contribution in [-0.4, -0.2) is 49.2 Å². The molecule has 0 unspecified atom stereocenters. The van der Waals surface area contributed by atoms with Crippen LogP contribution in [-0.2, 0) is 9.84 Å². The Balaban J connectivity index is 1.74. The number of amides is 1. The van der Waals surface area contributed by atoms with Crippen LogP contribution in [0.4, 0.5) is 0 Å². The maximum Gasteiger partial charge on any atom is 0.251 e. The van der Waals surface area contributed by atoms with Crippen molar-refractivity contribution >= 4 is 37.7 Å². The van der Waals surface area contributed by atoms with Crippen LogP contribution in [0.3, 0.4) is 0 Å². The van der Waals surface area contributed by atoms with Gasteiger partial charge in [0.1, 0.15) is 5.65 Å². The lowest BCUT2D eigenvalue weighted by Gasteiger charge is -2.24. The topological polar surface area (TPSA) is 104 Å². The number of benzene rings is 2. The van der Waals surface area contributed by atoms with Crippen molar-refractivity contribution in [3.05, 3.63) is 59.3 Å². The summed E-state index contributed by atoms with van der Waals surface area (Å²) in [5, 5.41) is 8.41. The number of aromatic amines is 1. The first-order valence-corrected chi connectivity index (χ1v) is 13.7. The summed E-state index contributed by atoms with van der Waals surface area (Å²) in [6.45, 7) is 7.31. The number of nitrogens with one attached hydrogen (secondary N) is 3. The Kier molecular flexibility index (Phi) is 6.11. The van der Waals surface area contributed by atoms with Gasteiger partial charge in [0.2, 0.25) is 0 Å². The Hall–Kier alpha value is -3.23. The van der Waals surface area contributed by atoms with Crippen molar-refractivity contribution in [2.45, 2.75) is 44.6 Å². The van der Waals surface area contributed by atoms with E-state index in [1.54, 1.807) is 25.1 Å². The molecule has 4 aromatic rings. The molecule has 7 nitrogen and oxygen atoms in total. The van der Waals surface area contributed by atoms with E-state index in [-0.39, 0.29) is 22.6 Å². The lowest BCUT2D eigenvalue weighted by Crippen LogP contribution is -2.45. The van der Waals surface area contributed by atoms with Crippen molar-refractivity contribution in [2.24, 2.45) is 0 Å². The normalized spacial score (nSPS) is 16.6. The fraction of sp³-hybridized carbons (Fsp3) is 0.333. The second-order valence-electron chi connectivity index (χ2n) is 9.33. The van der Waals surface area contributed by atoms with E-state index in [1.807, 2.05) is 32.2 Å². The van der Waals surface area contributed by atoms with Crippen molar-refractivity contribution in [3.8, 4) is 11.1 Å². The monoisotopic (exact) mass is 490 g/mol. The van der Waals surface area contributed by atoms with E-state index in [0.29, 0.717) is 5.56 Å². The van der Waals surface area contributed by atoms with Gasteiger partial charge >= 0.3 is 0 Å². The molecule has 0 spiro atoms. The van der Waals surface area contributed by atoms with Crippen LogP contribution < -0.4 is 10.6 Å². The molecule has 5 rings (SSSR count). The number of carbonyl (C=O) groups excluding carboxylic acids is 1. The third-order valence-corrected chi connectivity index (χ3v) is 8.62. The molecular weight excluding hydrogens is 460 g/mol. The number of aromatic nitrogens is 2. The molecular formula is C27H30N4O3S. The number of aryl methyl sites for hydroxylation is 2. The molecule has 35 heavy (non-hydrogen) atoms. The van der Waals surface area contributed by atoms with Gasteiger partial charge in [-0.2, -0.15) is 0 Å². The van der Waals surface area contributed by atoms with Gasteiger partial charge in [-0.25, -0.2) is 13.4 Å². The molecule has 3 heterocycles.